The Hall–Kier alpha value is -0.570. The van der Waals surface area contributed by atoms with Gasteiger partial charge in [-0.15, -0.1) is 0 Å². The molecule has 1 amide bonds. The molecular weight excluding hydrogens is 236 g/mol. The van der Waals surface area contributed by atoms with Crippen LogP contribution in [0.4, 0.5) is 0 Å². The van der Waals surface area contributed by atoms with Crippen molar-refractivity contribution in [3.8, 4) is 0 Å². The number of nitrogens with two attached hydrogens (primary N) is 1. The molecule has 0 saturated heterocycles. The molecule has 0 aromatic heterocycles. The Labute approximate surface area is 115 Å². The smallest absolute Gasteiger partial charge is 0.237 e. The van der Waals surface area contributed by atoms with Gasteiger partial charge in [0.15, 0.2) is 0 Å². The monoisotopic (exact) mass is 262 g/mol. The molecule has 3 heteroatoms. The highest BCUT2D eigenvalue weighted by Crippen LogP contribution is 2.61. The van der Waals surface area contributed by atoms with Crippen LogP contribution in [0, 0.1) is 23.2 Å². The number of nitrogens with one attached hydrogen (secondary N) is 1. The summed E-state index contributed by atoms with van der Waals surface area (Å²) in [6.45, 7) is 0. The molecule has 0 spiro atoms. The van der Waals surface area contributed by atoms with Gasteiger partial charge in [-0.1, -0.05) is 0 Å². The summed E-state index contributed by atoms with van der Waals surface area (Å²) in [7, 11) is 0. The zero-order valence-electron chi connectivity index (χ0n) is 11.7. The summed E-state index contributed by atoms with van der Waals surface area (Å²) >= 11 is 0. The van der Waals surface area contributed by atoms with Crippen molar-refractivity contribution >= 4 is 5.91 Å². The number of carbonyl (C=O) groups excluding carboxylic acids is 1. The number of hydrogen-bond donors (Lipinski definition) is 2. The Morgan fingerprint density at radius 3 is 2.11 bits per heavy atom. The van der Waals surface area contributed by atoms with E-state index in [2.05, 4.69) is 5.32 Å². The lowest BCUT2D eigenvalue weighted by molar-refractivity contribution is -0.125. The molecule has 5 saturated carbocycles. The van der Waals surface area contributed by atoms with Crippen molar-refractivity contribution in [3.05, 3.63) is 0 Å². The summed E-state index contributed by atoms with van der Waals surface area (Å²) in [4.78, 5) is 12.1. The van der Waals surface area contributed by atoms with Crippen molar-refractivity contribution in [2.75, 3.05) is 0 Å². The van der Waals surface area contributed by atoms with Crippen molar-refractivity contribution in [2.45, 2.75) is 69.9 Å². The Morgan fingerprint density at radius 1 is 1.11 bits per heavy atom. The maximum Gasteiger partial charge on any atom is 0.237 e. The van der Waals surface area contributed by atoms with E-state index >= 15 is 0 Å². The van der Waals surface area contributed by atoms with Crippen LogP contribution in [0.2, 0.25) is 0 Å². The molecular formula is C16H26N2O. The van der Waals surface area contributed by atoms with Gasteiger partial charge in [-0.05, 0) is 81.0 Å². The molecule has 5 aliphatic carbocycles. The summed E-state index contributed by atoms with van der Waals surface area (Å²) in [6.07, 6.45) is 11.7. The van der Waals surface area contributed by atoms with Gasteiger partial charge in [0, 0.05) is 6.04 Å². The van der Waals surface area contributed by atoms with Crippen LogP contribution in [-0.4, -0.2) is 18.0 Å². The van der Waals surface area contributed by atoms with E-state index < -0.39 is 0 Å². The van der Waals surface area contributed by atoms with Gasteiger partial charge in [0.05, 0.1) is 6.04 Å². The standard InChI is InChI=1S/C16H26N2O/c17-14(15(19)18-13-1-2-13)9-16-6-10-3-11(7-16)5-12(4-10)8-16/h10-14H,1-9,17H2,(H,18,19). The van der Waals surface area contributed by atoms with Gasteiger partial charge in [0.25, 0.3) is 0 Å². The minimum Gasteiger partial charge on any atom is -0.352 e. The first-order valence-corrected chi connectivity index (χ1v) is 8.18. The first-order chi connectivity index (χ1) is 9.12. The van der Waals surface area contributed by atoms with Crippen LogP contribution in [0.3, 0.4) is 0 Å². The van der Waals surface area contributed by atoms with Gasteiger partial charge in [-0.3, -0.25) is 4.79 Å². The average Bonchev–Trinajstić information content (AvgIpc) is 3.10. The van der Waals surface area contributed by atoms with Gasteiger partial charge in [0.1, 0.15) is 0 Å². The summed E-state index contributed by atoms with van der Waals surface area (Å²) in [5, 5.41) is 3.07. The topological polar surface area (TPSA) is 55.1 Å². The fourth-order valence-corrected chi connectivity index (χ4v) is 5.64. The molecule has 3 N–H and O–H groups in total. The maximum absolute atomic E-state index is 12.1. The Bertz CT molecular complexity index is 353. The summed E-state index contributed by atoms with van der Waals surface area (Å²) < 4.78 is 0. The summed E-state index contributed by atoms with van der Waals surface area (Å²) in [6, 6.07) is 0.173. The van der Waals surface area contributed by atoms with Crippen LogP contribution < -0.4 is 11.1 Å². The van der Waals surface area contributed by atoms with Crippen LogP contribution in [0.1, 0.15) is 57.8 Å². The van der Waals surface area contributed by atoms with Crippen molar-refractivity contribution in [2.24, 2.45) is 28.9 Å². The highest BCUT2D eigenvalue weighted by atomic mass is 16.2. The number of amides is 1. The second-order valence-electron chi connectivity index (χ2n) is 8.01. The zero-order valence-corrected chi connectivity index (χ0v) is 11.7. The molecule has 5 rings (SSSR count). The van der Waals surface area contributed by atoms with Crippen LogP contribution in [0.15, 0.2) is 0 Å². The fourth-order valence-electron chi connectivity index (χ4n) is 5.64. The van der Waals surface area contributed by atoms with E-state index in [9.17, 15) is 4.79 Å². The van der Waals surface area contributed by atoms with Crippen LogP contribution in [-0.2, 0) is 4.79 Å². The lowest BCUT2D eigenvalue weighted by atomic mass is 9.48. The van der Waals surface area contributed by atoms with Crippen molar-refractivity contribution in [3.63, 3.8) is 0 Å². The maximum atomic E-state index is 12.1. The van der Waals surface area contributed by atoms with E-state index in [4.69, 9.17) is 5.73 Å². The molecule has 4 bridgehead atoms. The van der Waals surface area contributed by atoms with E-state index in [0.29, 0.717) is 11.5 Å². The molecule has 5 aliphatic rings. The molecule has 0 aromatic carbocycles. The zero-order chi connectivity index (χ0) is 13.0. The van der Waals surface area contributed by atoms with Crippen molar-refractivity contribution in [1.82, 2.24) is 5.32 Å². The molecule has 106 valence electrons. The van der Waals surface area contributed by atoms with E-state index in [0.717, 1.165) is 37.0 Å². The fraction of sp³-hybridized carbons (Fsp3) is 0.938. The van der Waals surface area contributed by atoms with Gasteiger partial charge in [-0.25, -0.2) is 0 Å². The summed E-state index contributed by atoms with van der Waals surface area (Å²) in [5.74, 6) is 2.96. The Balaban J connectivity index is 1.42. The number of rotatable bonds is 4. The van der Waals surface area contributed by atoms with Gasteiger partial charge in [-0.2, -0.15) is 0 Å². The van der Waals surface area contributed by atoms with E-state index in [1.54, 1.807) is 0 Å². The van der Waals surface area contributed by atoms with Gasteiger partial charge in [0.2, 0.25) is 5.91 Å². The van der Waals surface area contributed by atoms with Crippen molar-refractivity contribution in [1.29, 1.82) is 0 Å². The predicted octanol–water partition coefficient (Wildman–Crippen LogP) is 2.20. The predicted molar refractivity (Wildman–Crippen MR) is 74.4 cm³/mol. The highest BCUT2D eigenvalue weighted by Gasteiger charge is 2.51. The average molecular weight is 262 g/mol. The normalized spacial score (nSPS) is 45.2. The lowest BCUT2D eigenvalue weighted by Crippen LogP contribution is -2.51. The van der Waals surface area contributed by atoms with Gasteiger partial charge < -0.3 is 11.1 Å². The van der Waals surface area contributed by atoms with E-state index in [1.807, 2.05) is 0 Å². The molecule has 19 heavy (non-hydrogen) atoms. The molecule has 3 nitrogen and oxygen atoms in total. The SMILES string of the molecule is NC(CC12CC3CC(CC(C3)C1)C2)C(=O)NC1CC1. The van der Waals surface area contributed by atoms with Gasteiger partial charge >= 0.3 is 0 Å². The van der Waals surface area contributed by atoms with Crippen LogP contribution in [0.5, 0.6) is 0 Å². The first kappa shape index (κ1) is 12.2. The molecule has 1 atom stereocenters. The van der Waals surface area contributed by atoms with Crippen molar-refractivity contribution < 1.29 is 4.79 Å². The minimum atomic E-state index is -0.267. The minimum absolute atomic E-state index is 0.109. The van der Waals surface area contributed by atoms with E-state index in [-0.39, 0.29) is 11.9 Å². The Morgan fingerprint density at radius 2 is 1.63 bits per heavy atom. The lowest BCUT2D eigenvalue weighted by Gasteiger charge is -2.57. The summed E-state index contributed by atoms with van der Waals surface area (Å²) in [5.41, 5.74) is 6.63. The third kappa shape index (κ3) is 2.31. The molecule has 0 radical (unpaired) electrons. The molecule has 0 heterocycles. The number of carbonyl (C=O) groups is 1. The van der Waals surface area contributed by atoms with Crippen LogP contribution in [0.25, 0.3) is 0 Å². The molecule has 5 fully saturated rings. The number of hydrogen-bond acceptors (Lipinski definition) is 2. The second kappa shape index (κ2) is 4.21. The molecule has 1 unspecified atom stereocenters. The quantitative estimate of drug-likeness (QED) is 0.816. The largest absolute Gasteiger partial charge is 0.352 e. The van der Waals surface area contributed by atoms with E-state index in [1.165, 1.54) is 38.5 Å². The third-order valence-electron chi connectivity index (χ3n) is 6.08. The second-order valence-corrected chi connectivity index (χ2v) is 8.01. The Kier molecular flexibility index (Phi) is 2.70. The highest BCUT2D eigenvalue weighted by molar-refractivity contribution is 5.82. The third-order valence-corrected chi connectivity index (χ3v) is 6.08. The molecule has 0 aliphatic heterocycles. The van der Waals surface area contributed by atoms with Crippen LogP contribution >= 0.6 is 0 Å². The first-order valence-electron chi connectivity index (χ1n) is 8.18. The molecule has 0 aromatic rings.